The predicted molar refractivity (Wildman–Crippen MR) is 67.7 cm³/mol. The molecule has 3 rings (SSSR count). The summed E-state index contributed by atoms with van der Waals surface area (Å²) in [7, 11) is 0. The molecule has 0 saturated carbocycles. The summed E-state index contributed by atoms with van der Waals surface area (Å²) in [5, 5.41) is 0.956. The van der Waals surface area contributed by atoms with Crippen LogP contribution in [0, 0.1) is 0 Å². The van der Waals surface area contributed by atoms with Crippen molar-refractivity contribution in [2.75, 3.05) is 11.5 Å². The highest BCUT2D eigenvalue weighted by molar-refractivity contribution is 5.96. The average molecular weight is 225 g/mol. The van der Waals surface area contributed by atoms with E-state index in [1.165, 1.54) is 0 Å². The molecule has 0 radical (unpaired) electrons. The van der Waals surface area contributed by atoms with Crippen molar-refractivity contribution in [3.05, 3.63) is 43.0 Å². The van der Waals surface area contributed by atoms with Crippen molar-refractivity contribution in [1.29, 1.82) is 0 Å². The number of benzene rings is 1. The molecule has 17 heavy (non-hydrogen) atoms. The van der Waals surface area contributed by atoms with Crippen molar-refractivity contribution in [3.63, 3.8) is 0 Å². The Kier molecular flexibility index (Phi) is 1.98. The van der Waals surface area contributed by atoms with Crippen molar-refractivity contribution in [2.45, 2.75) is 0 Å². The summed E-state index contributed by atoms with van der Waals surface area (Å²) in [6.07, 6.45) is 5.30. The molecule has 5 nitrogen and oxygen atoms in total. The quantitative estimate of drug-likeness (QED) is 0.616. The van der Waals surface area contributed by atoms with Crippen molar-refractivity contribution < 1.29 is 0 Å². The molecular formula is C12H11N5. The maximum Gasteiger partial charge on any atom is 0.126 e. The van der Waals surface area contributed by atoms with Gasteiger partial charge >= 0.3 is 0 Å². The Labute approximate surface area is 97.7 Å². The first kappa shape index (κ1) is 9.65. The fraction of sp³-hybridized carbons (Fsp3) is 0. The molecule has 0 bridgehead atoms. The van der Waals surface area contributed by atoms with Crippen molar-refractivity contribution in [1.82, 2.24) is 14.5 Å². The molecule has 0 spiro atoms. The largest absolute Gasteiger partial charge is 0.397 e. The highest BCUT2D eigenvalue weighted by Gasteiger charge is 2.07. The van der Waals surface area contributed by atoms with Crippen LogP contribution in [0.4, 0.5) is 11.5 Å². The predicted octanol–water partition coefficient (Wildman–Crippen LogP) is 1.58. The van der Waals surface area contributed by atoms with Crippen LogP contribution in [-0.2, 0) is 0 Å². The number of hydrogen-bond donors (Lipinski definition) is 2. The van der Waals surface area contributed by atoms with Gasteiger partial charge in [-0.25, -0.2) is 9.97 Å². The van der Waals surface area contributed by atoms with Gasteiger partial charge in [0.15, 0.2) is 0 Å². The Morgan fingerprint density at radius 3 is 2.82 bits per heavy atom. The van der Waals surface area contributed by atoms with Gasteiger partial charge in [-0.1, -0.05) is 12.1 Å². The standard InChI is InChI=1S/C12H11N5/c13-9-3-1-2-8-10(17-5-4-15-7-17)6-11(14)16-12(8)9/h1-7H,13H2,(H2,14,16). The Hall–Kier alpha value is -2.56. The van der Waals surface area contributed by atoms with E-state index in [1.807, 2.05) is 35.0 Å². The van der Waals surface area contributed by atoms with Gasteiger partial charge < -0.3 is 16.0 Å². The number of nitrogens with zero attached hydrogens (tertiary/aromatic N) is 3. The molecule has 0 fully saturated rings. The van der Waals surface area contributed by atoms with E-state index >= 15 is 0 Å². The van der Waals surface area contributed by atoms with Gasteiger partial charge in [0.2, 0.25) is 0 Å². The second-order valence-electron chi connectivity index (χ2n) is 3.78. The topological polar surface area (TPSA) is 82.8 Å². The fourth-order valence-electron chi connectivity index (χ4n) is 1.89. The molecule has 1 aromatic carbocycles. The summed E-state index contributed by atoms with van der Waals surface area (Å²) >= 11 is 0. The lowest BCUT2D eigenvalue weighted by atomic mass is 10.1. The monoisotopic (exact) mass is 225 g/mol. The lowest BCUT2D eigenvalue weighted by Crippen LogP contribution is -2.00. The number of hydrogen-bond acceptors (Lipinski definition) is 4. The number of nitrogens with two attached hydrogens (primary N) is 2. The average Bonchev–Trinajstić information content (AvgIpc) is 2.83. The SMILES string of the molecule is Nc1cc(-n2ccnc2)c2cccc(N)c2n1. The normalized spacial score (nSPS) is 10.8. The highest BCUT2D eigenvalue weighted by Crippen LogP contribution is 2.26. The van der Waals surface area contributed by atoms with Gasteiger partial charge in [0, 0.05) is 23.8 Å². The van der Waals surface area contributed by atoms with Crippen LogP contribution in [0.3, 0.4) is 0 Å². The molecule has 84 valence electrons. The van der Waals surface area contributed by atoms with E-state index in [2.05, 4.69) is 9.97 Å². The van der Waals surface area contributed by atoms with Gasteiger partial charge in [-0.2, -0.15) is 0 Å². The highest BCUT2D eigenvalue weighted by atomic mass is 15.0. The third-order valence-corrected chi connectivity index (χ3v) is 2.65. The van der Waals surface area contributed by atoms with E-state index in [4.69, 9.17) is 11.5 Å². The zero-order valence-electron chi connectivity index (χ0n) is 9.04. The van der Waals surface area contributed by atoms with Gasteiger partial charge in [-0.15, -0.1) is 0 Å². The number of rotatable bonds is 1. The van der Waals surface area contributed by atoms with Gasteiger partial charge in [0.05, 0.1) is 23.2 Å². The number of fused-ring (bicyclic) bond motifs is 1. The van der Waals surface area contributed by atoms with E-state index in [0.29, 0.717) is 11.5 Å². The summed E-state index contributed by atoms with van der Waals surface area (Å²) in [5.41, 5.74) is 14.0. The lowest BCUT2D eigenvalue weighted by molar-refractivity contribution is 1.07. The van der Waals surface area contributed by atoms with E-state index in [0.717, 1.165) is 16.6 Å². The number of aromatic nitrogens is 3. The lowest BCUT2D eigenvalue weighted by Gasteiger charge is -2.09. The maximum absolute atomic E-state index is 5.90. The summed E-state index contributed by atoms with van der Waals surface area (Å²) in [6.45, 7) is 0. The maximum atomic E-state index is 5.90. The molecule has 0 amide bonds. The third kappa shape index (κ3) is 1.48. The number of nitrogen functional groups attached to an aromatic ring is 2. The van der Waals surface area contributed by atoms with Crippen LogP contribution < -0.4 is 11.5 Å². The van der Waals surface area contributed by atoms with Crippen LogP contribution in [0.5, 0.6) is 0 Å². The van der Waals surface area contributed by atoms with E-state index in [1.54, 1.807) is 12.5 Å². The van der Waals surface area contributed by atoms with Crippen molar-refractivity contribution in [2.24, 2.45) is 0 Å². The van der Waals surface area contributed by atoms with Gasteiger partial charge in [-0.05, 0) is 6.07 Å². The van der Waals surface area contributed by atoms with Crippen LogP contribution in [0.15, 0.2) is 43.0 Å². The summed E-state index contributed by atoms with van der Waals surface area (Å²) in [5.74, 6) is 0.444. The van der Waals surface area contributed by atoms with Crippen molar-refractivity contribution in [3.8, 4) is 5.69 Å². The molecule has 5 heteroatoms. The van der Waals surface area contributed by atoms with Crippen LogP contribution in [-0.4, -0.2) is 14.5 Å². The molecule has 0 aliphatic carbocycles. The molecule has 0 aliphatic rings. The minimum absolute atomic E-state index is 0.444. The van der Waals surface area contributed by atoms with E-state index in [9.17, 15) is 0 Å². The molecule has 0 saturated heterocycles. The second-order valence-corrected chi connectivity index (χ2v) is 3.78. The molecule has 2 heterocycles. The van der Waals surface area contributed by atoms with Crippen molar-refractivity contribution >= 4 is 22.4 Å². The molecule has 2 aromatic heterocycles. The minimum atomic E-state index is 0.444. The first-order chi connectivity index (χ1) is 8.25. The Bertz CT molecular complexity index is 673. The molecular weight excluding hydrogens is 214 g/mol. The first-order valence-corrected chi connectivity index (χ1v) is 5.19. The number of para-hydroxylation sites is 1. The number of pyridine rings is 1. The summed E-state index contributed by atoms with van der Waals surface area (Å²) in [4.78, 5) is 8.29. The molecule has 4 N–H and O–H groups in total. The Morgan fingerprint density at radius 1 is 1.18 bits per heavy atom. The smallest absolute Gasteiger partial charge is 0.126 e. The molecule has 3 aromatic rings. The summed E-state index contributed by atoms with van der Waals surface area (Å²) in [6, 6.07) is 7.49. The zero-order chi connectivity index (χ0) is 11.8. The third-order valence-electron chi connectivity index (χ3n) is 2.65. The van der Waals surface area contributed by atoms with E-state index in [-0.39, 0.29) is 0 Å². The number of imidazole rings is 1. The van der Waals surface area contributed by atoms with Gasteiger partial charge in [-0.3, -0.25) is 0 Å². The van der Waals surface area contributed by atoms with Crippen LogP contribution in [0.1, 0.15) is 0 Å². The Morgan fingerprint density at radius 2 is 2.06 bits per heavy atom. The first-order valence-electron chi connectivity index (χ1n) is 5.19. The van der Waals surface area contributed by atoms with Crippen LogP contribution in [0.25, 0.3) is 16.6 Å². The molecule has 0 atom stereocenters. The van der Waals surface area contributed by atoms with Gasteiger partial charge in [0.25, 0.3) is 0 Å². The molecule has 0 unspecified atom stereocenters. The van der Waals surface area contributed by atoms with Gasteiger partial charge in [0.1, 0.15) is 5.82 Å². The van der Waals surface area contributed by atoms with E-state index < -0.39 is 0 Å². The van der Waals surface area contributed by atoms with Crippen LogP contribution in [0.2, 0.25) is 0 Å². The zero-order valence-corrected chi connectivity index (χ0v) is 9.04. The second kappa shape index (κ2) is 3.48. The minimum Gasteiger partial charge on any atom is -0.397 e. The Balaban J connectivity index is 2.42. The fourth-order valence-corrected chi connectivity index (χ4v) is 1.89. The molecule has 0 aliphatic heterocycles. The van der Waals surface area contributed by atoms with Crippen LogP contribution >= 0.6 is 0 Å². The number of anilines is 2. The summed E-state index contributed by atoms with van der Waals surface area (Å²) < 4.78 is 1.89.